The SMILES string of the molecule is O=S(=O)([O-])c1c(Cc2ccc3ccccc3c2S(=O)(=O)[O-])ccc2ccccc12.[Na+].[Na+]. The van der Waals surface area contributed by atoms with Crippen molar-refractivity contribution in [1.29, 1.82) is 0 Å². The standard InChI is InChI=1S/C21H16O6S2.2Na/c22-28(23,24)20-16(11-9-14-5-1-3-7-18(14)20)13-17-12-10-15-6-2-4-8-19(15)21(17)29(25,26)27;;/h1-12H,13H2,(H,22,23,24)(H,25,26,27);;/q;2*+1/p-2. The van der Waals surface area contributed by atoms with E-state index in [2.05, 4.69) is 0 Å². The van der Waals surface area contributed by atoms with Crippen LogP contribution in [0.15, 0.2) is 82.6 Å². The number of fused-ring (bicyclic) bond motifs is 2. The Bertz CT molecular complexity index is 1370. The van der Waals surface area contributed by atoms with E-state index in [0.717, 1.165) is 0 Å². The predicted octanol–water partition coefficient (Wildman–Crippen LogP) is -2.60. The van der Waals surface area contributed by atoms with Gasteiger partial charge in [-0.3, -0.25) is 0 Å². The Balaban J connectivity index is 0.00000171. The molecule has 0 aliphatic heterocycles. The van der Waals surface area contributed by atoms with Crippen LogP contribution >= 0.6 is 0 Å². The fraction of sp³-hybridized carbons (Fsp3) is 0.0476. The van der Waals surface area contributed by atoms with Crippen LogP contribution < -0.4 is 59.1 Å². The van der Waals surface area contributed by atoms with Crippen molar-refractivity contribution in [3.05, 3.63) is 83.9 Å². The molecular formula is C21H14Na2O6S2. The molecule has 0 N–H and O–H groups in total. The fourth-order valence-electron chi connectivity index (χ4n) is 3.65. The van der Waals surface area contributed by atoms with Crippen LogP contribution in [-0.2, 0) is 26.7 Å². The number of hydrogen-bond donors (Lipinski definition) is 0. The molecule has 4 aromatic rings. The third kappa shape index (κ3) is 5.42. The van der Waals surface area contributed by atoms with E-state index in [1.165, 1.54) is 24.3 Å². The molecule has 0 saturated carbocycles. The van der Waals surface area contributed by atoms with E-state index >= 15 is 0 Å². The van der Waals surface area contributed by atoms with Crippen molar-refractivity contribution < 1.29 is 85.1 Å². The average molecular weight is 472 g/mol. The van der Waals surface area contributed by atoms with Crippen LogP contribution in [0.5, 0.6) is 0 Å². The molecule has 4 aromatic carbocycles. The zero-order chi connectivity index (χ0) is 20.8. The molecule has 0 heterocycles. The van der Waals surface area contributed by atoms with Crippen LogP contribution in [0.1, 0.15) is 11.1 Å². The van der Waals surface area contributed by atoms with Crippen LogP contribution in [0.3, 0.4) is 0 Å². The van der Waals surface area contributed by atoms with E-state index in [4.69, 9.17) is 0 Å². The van der Waals surface area contributed by atoms with Gasteiger partial charge in [0, 0.05) is 0 Å². The molecule has 6 nitrogen and oxygen atoms in total. The molecule has 0 fully saturated rings. The Kier molecular flexibility index (Phi) is 8.55. The molecule has 0 aliphatic carbocycles. The second-order valence-electron chi connectivity index (χ2n) is 6.63. The van der Waals surface area contributed by atoms with Gasteiger partial charge in [-0.1, -0.05) is 72.8 Å². The van der Waals surface area contributed by atoms with Crippen molar-refractivity contribution >= 4 is 41.8 Å². The number of benzene rings is 4. The smallest absolute Gasteiger partial charge is 0.744 e. The minimum absolute atomic E-state index is 0. The van der Waals surface area contributed by atoms with Crippen molar-refractivity contribution in [2.24, 2.45) is 0 Å². The Morgan fingerprint density at radius 2 is 0.903 bits per heavy atom. The third-order valence-electron chi connectivity index (χ3n) is 4.80. The molecule has 0 saturated heterocycles. The molecule has 0 aliphatic rings. The van der Waals surface area contributed by atoms with E-state index in [1.807, 2.05) is 0 Å². The first-order chi connectivity index (χ1) is 13.7. The number of hydrogen-bond acceptors (Lipinski definition) is 6. The first kappa shape index (κ1) is 26.5. The largest absolute Gasteiger partial charge is 1.00 e. The summed E-state index contributed by atoms with van der Waals surface area (Å²) >= 11 is 0. The summed E-state index contributed by atoms with van der Waals surface area (Å²) in [7, 11) is -9.70. The Morgan fingerprint density at radius 1 is 0.548 bits per heavy atom. The van der Waals surface area contributed by atoms with Gasteiger partial charge in [-0.15, -0.1) is 0 Å². The van der Waals surface area contributed by atoms with Crippen molar-refractivity contribution in [2.75, 3.05) is 0 Å². The maximum atomic E-state index is 12.0. The normalized spacial score (nSPS) is 11.7. The molecule has 10 heteroatoms. The topological polar surface area (TPSA) is 114 Å². The van der Waals surface area contributed by atoms with Gasteiger partial charge < -0.3 is 9.11 Å². The summed E-state index contributed by atoms with van der Waals surface area (Å²) in [5.41, 5.74) is 0.276. The molecule has 0 amide bonds. The summed E-state index contributed by atoms with van der Waals surface area (Å²) in [5, 5.41) is 1.65. The van der Waals surface area contributed by atoms with Crippen LogP contribution in [0.4, 0.5) is 0 Å². The molecule has 0 atom stereocenters. The average Bonchev–Trinajstić information content (AvgIpc) is 2.65. The Labute approximate surface area is 224 Å². The molecule has 148 valence electrons. The maximum Gasteiger partial charge on any atom is 1.00 e. The van der Waals surface area contributed by atoms with Gasteiger partial charge in [0.2, 0.25) is 0 Å². The summed E-state index contributed by atoms with van der Waals surface area (Å²) in [6, 6.07) is 19.3. The van der Waals surface area contributed by atoms with Crippen molar-refractivity contribution in [1.82, 2.24) is 0 Å². The summed E-state index contributed by atoms with van der Waals surface area (Å²) in [4.78, 5) is -0.809. The first-order valence-electron chi connectivity index (χ1n) is 8.59. The van der Waals surface area contributed by atoms with Gasteiger partial charge in [0.05, 0.1) is 9.79 Å². The maximum absolute atomic E-state index is 12.0. The van der Waals surface area contributed by atoms with E-state index < -0.39 is 30.0 Å². The van der Waals surface area contributed by atoms with E-state index in [9.17, 15) is 25.9 Å². The fourth-order valence-corrected chi connectivity index (χ4v) is 5.48. The van der Waals surface area contributed by atoms with Gasteiger partial charge in [0.15, 0.2) is 0 Å². The van der Waals surface area contributed by atoms with Gasteiger partial charge in [-0.05, 0) is 39.1 Å². The van der Waals surface area contributed by atoms with E-state index in [0.29, 0.717) is 10.8 Å². The zero-order valence-corrected chi connectivity index (χ0v) is 22.5. The number of rotatable bonds is 4. The van der Waals surface area contributed by atoms with Crippen molar-refractivity contribution in [3.8, 4) is 0 Å². The predicted molar refractivity (Wildman–Crippen MR) is 107 cm³/mol. The summed E-state index contributed by atoms with van der Waals surface area (Å²) in [5.74, 6) is 0. The second kappa shape index (κ2) is 10.0. The van der Waals surface area contributed by atoms with Crippen LogP contribution in [0.25, 0.3) is 21.5 Å². The van der Waals surface area contributed by atoms with Crippen LogP contribution in [0.2, 0.25) is 0 Å². The van der Waals surface area contributed by atoms with Crippen molar-refractivity contribution in [2.45, 2.75) is 16.2 Å². The molecule has 0 radical (unpaired) electrons. The van der Waals surface area contributed by atoms with Gasteiger partial charge in [-0.2, -0.15) is 0 Å². The van der Waals surface area contributed by atoms with Crippen LogP contribution in [0, 0.1) is 0 Å². The minimum Gasteiger partial charge on any atom is -0.744 e. The first-order valence-corrected chi connectivity index (χ1v) is 11.4. The van der Waals surface area contributed by atoms with Gasteiger partial charge in [0.1, 0.15) is 20.2 Å². The van der Waals surface area contributed by atoms with Gasteiger partial charge >= 0.3 is 59.1 Å². The summed E-state index contributed by atoms with van der Waals surface area (Å²) in [6.45, 7) is 0. The monoisotopic (exact) mass is 472 g/mol. The second-order valence-corrected chi connectivity index (χ2v) is 9.27. The molecule has 0 spiro atoms. The van der Waals surface area contributed by atoms with Crippen molar-refractivity contribution in [3.63, 3.8) is 0 Å². The summed E-state index contributed by atoms with van der Waals surface area (Å²) < 4.78 is 72.1. The molecule has 4 rings (SSSR count). The Morgan fingerprint density at radius 3 is 1.26 bits per heavy atom. The van der Waals surface area contributed by atoms with E-state index in [1.54, 1.807) is 48.5 Å². The zero-order valence-electron chi connectivity index (χ0n) is 16.9. The molecule has 0 unspecified atom stereocenters. The van der Waals surface area contributed by atoms with Crippen LogP contribution in [-0.4, -0.2) is 25.9 Å². The van der Waals surface area contributed by atoms with Gasteiger partial charge in [-0.25, -0.2) is 16.8 Å². The van der Waals surface area contributed by atoms with E-state index in [-0.39, 0.29) is 87.4 Å². The molecule has 31 heavy (non-hydrogen) atoms. The third-order valence-corrected chi connectivity index (χ3v) is 6.77. The quantitative estimate of drug-likeness (QED) is 0.238. The molecular weight excluding hydrogens is 458 g/mol. The molecule has 0 aromatic heterocycles. The minimum atomic E-state index is -4.85. The Hall–Kier alpha value is -0.780. The van der Waals surface area contributed by atoms with Gasteiger partial charge in [0.25, 0.3) is 0 Å². The molecule has 0 bridgehead atoms. The summed E-state index contributed by atoms with van der Waals surface area (Å²) in [6.07, 6.45) is -0.191.